The second kappa shape index (κ2) is 5.98. The summed E-state index contributed by atoms with van der Waals surface area (Å²) in [4.78, 5) is 13.1. The first kappa shape index (κ1) is 16.6. The molecule has 126 valence electrons. The molecule has 3 rings (SSSR count). The molecule has 0 radical (unpaired) electrons. The maximum atomic E-state index is 12.4. The Balaban J connectivity index is 1.80. The number of carbonyl (C=O) groups excluding carboxylic acids is 1. The number of nitrogens with one attached hydrogen (secondary N) is 1. The summed E-state index contributed by atoms with van der Waals surface area (Å²) in [7, 11) is 0. The van der Waals surface area contributed by atoms with Crippen molar-refractivity contribution < 1.29 is 4.79 Å². The summed E-state index contributed by atoms with van der Waals surface area (Å²) < 4.78 is 1.65. The summed E-state index contributed by atoms with van der Waals surface area (Å²) in [5, 5.41) is 15.8. The van der Waals surface area contributed by atoms with Crippen LogP contribution in [-0.4, -0.2) is 25.7 Å². The van der Waals surface area contributed by atoms with Crippen molar-refractivity contribution >= 4 is 27.9 Å². The van der Waals surface area contributed by atoms with E-state index in [-0.39, 0.29) is 17.2 Å². The molecule has 2 aromatic heterocycles. The van der Waals surface area contributed by atoms with E-state index in [9.17, 15) is 4.79 Å². The minimum Gasteiger partial charge on any atom is -0.320 e. The molecular weight excluding hydrogens is 322 g/mol. The second-order valence-electron chi connectivity index (χ2n) is 7.10. The van der Waals surface area contributed by atoms with Gasteiger partial charge in [-0.3, -0.25) is 4.79 Å². The van der Waals surface area contributed by atoms with Gasteiger partial charge in [-0.25, -0.2) is 0 Å². The van der Waals surface area contributed by atoms with Gasteiger partial charge in [0.1, 0.15) is 0 Å². The van der Waals surface area contributed by atoms with E-state index in [1.165, 1.54) is 16.9 Å². The van der Waals surface area contributed by atoms with Crippen LogP contribution in [0, 0.1) is 0 Å². The molecule has 1 aromatic carbocycles. The average molecular weight is 343 g/mol. The third-order valence-corrected chi connectivity index (χ3v) is 4.63. The van der Waals surface area contributed by atoms with Crippen molar-refractivity contribution in [2.24, 2.45) is 0 Å². The van der Waals surface area contributed by atoms with Gasteiger partial charge in [0, 0.05) is 11.6 Å². The molecule has 0 aliphatic rings. The number of hydrogen-bond acceptors (Lipinski definition) is 5. The quantitative estimate of drug-likeness (QED) is 0.784. The van der Waals surface area contributed by atoms with E-state index in [0.29, 0.717) is 9.97 Å². The Bertz CT molecular complexity index is 871. The van der Waals surface area contributed by atoms with Crippen molar-refractivity contribution in [2.45, 2.75) is 46.0 Å². The van der Waals surface area contributed by atoms with Crippen LogP contribution in [0.4, 0.5) is 5.69 Å². The SMILES string of the molecule is CC(C)c1nnc2sc(C(=O)Nc3ccc(C(C)(C)C)cc3)nn12. The normalized spacial score (nSPS) is 12.1. The molecule has 1 N–H and O–H groups in total. The number of anilines is 1. The molecule has 0 atom stereocenters. The van der Waals surface area contributed by atoms with Crippen LogP contribution in [0.3, 0.4) is 0 Å². The van der Waals surface area contributed by atoms with Crippen molar-refractivity contribution in [2.75, 3.05) is 5.32 Å². The van der Waals surface area contributed by atoms with Gasteiger partial charge >= 0.3 is 0 Å². The fraction of sp³-hybridized carbons (Fsp3) is 0.412. The van der Waals surface area contributed by atoms with E-state index in [1.54, 1.807) is 4.52 Å². The average Bonchev–Trinajstić information content (AvgIpc) is 3.06. The van der Waals surface area contributed by atoms with Gasteiger partial charge in [-0.1, -0.05) is 58.1 Å². The standard InChI is InChI=1S/C17H21N5OS/c1-10(2)13-19-20-16-22(13)21-15(24-16)14(23)18-12-8-6-11(7-9-12)17(3,4)5/h6-10H,1-5H3,(H,18,23). The molecule has 0 saturated heterocycles. The van der Waals surface area contributed by atoms with Gasteiger partial charge in [-0.15, -0.1) is 15.3 Å². The lowest BCUT2D eigenvalue weighted by Gasteiger charge is -2.19. The lowest BCUT2D eigenvalue weighted by atomic mass is 9.87. The fourth-order valence-electron chi connectivity index (χ4n) is 2.32. The van der Waals surface area contributed by atoms with Gasteiger partial charge in [0.2, 0.25) is 9.97 Å². The Morgan fingerprint density at radius 2 is 1.83 bits per heavy atom. The van der Waals surface area contributed by atoms with Gasteiger partial charge in [-0.05, 0) is 23.1 Å². The molecular formula is C17H21N5OS. The Morgan fingerprint density at radius 3 is 2.42 bits per heavy atom. The van der Waals surface area contributed by atoms with Gasteiger partial charge in [-0.2, -0.15) is 4.52 Å². The Hall–Kier alpha value is -2.28. The first-order valence-electron chi connectivity index (χ1n) is 7.90. The van der Waals surface area contributed by atoms with Crippen LogP contribution in [-0.2, 0) is 5.41 Å². The lowest BCUT2D eigenvalue weighted by Crippen LogP contribution is -2.14. The summed E-state index contributed by atoms with van der Waals surface area (Å²) in [6, 6.07) is 7.90. The number of carbonyl (C=O) groups is 1. The third-order valence-electron chi connectivity index (χ3n) is 3.73. The van der Waals surface area contributed by atoms with Gasteiger partial charge < -0.3 is 5.32 Å². The predicted molar refractivity (Wildman–Crippen MR) is 95.8 cm³/mol. The fourth-order valence-corrected chi connectivity index (χ4v) is 3.06. The molecule has 0 unspecified atom stereocenters. The summed E-state index contributed by atoms with van der Waals surface area (Å²) in [6.45, 7) is 10.5. The molecule has 7 heteroatoms. The smallest absolute Gasteiger partial charge is 0.286 e. The zero-order valence-electron chi connectivity index (χ0n) is 14.5. The third kappa shape index (κ3) is 3.17. The monoisotopic (exact) mass is 343 g/mol. The number of fused-ring (bicyclic) bond motifs is 1. The summed E-state index contributed by atoms with van der Waals surface area (Å²) in [6.07, 6.45) is 0. The number of aromatic nitrogens is 4. The van der Waals surface area contributed by atoms with Crippen LogP contribution in [0.25, 0.3) is 4.96 Å². The zero-order valence-corrected chi connectivity index (χ0v) is 15.3. The predicted octanol–water partition coefficient (Wildman–Crippen LogP) is 3.86. The van der Waals surface area contributed by atoms with Crippen molar-refractivity contribution in [3.05, 3.63) is 40.7 Å². The van der Waals surface area contributed by atoms with Crippen LogP contribution in [0.5, 0.6) is 0 Å². The number of benzene rings is 1. The van der Waals surface area contributed by atoms with E-state index in [4.69, 9.17) is 0 Å². The Labute approximate surface area is 144 Å². The number of hydrogen-bond donors (Lipinski definition) is 1. The van der Waals surface area contributed by atoms with Crippen LogP contribution < -0.4 is 5.32 Å². The van der Waals surface area contributed by atoms with Crippen molar-refractivity contribution in [3.63, 3.8) is 0 Å². The first-order valence-corrected chi connectivity index (χ1v) is 8.71. The van der Waals surface area contributed by atoms with Crippen molar-refractivity contribution in [1.82, 2.24) is 19.8 Å². The summed E-state index contributed by atoms with van der Waals surface area (Å²) >= 11 is 1.24. The lowest BCUT2D eigenvalue weighted by molar-refractivity contribution is 0.102. The number of rotatable bonds is 3. The molecule has 1 amide bonds. The maximum absolute atomic E-state index is 12.4. The highest BCUT2D eigenvalue weighted by atomic mass is 32.1. The highest BCUT2D eigenvalue weighted by molar-refractivity contribution is 7.18. The van der Waals surface area contributed by atoms with E-state index < -0.39 is 0 Å². The molecule has 2 heterocycles. The number of amides is 1. The summed E-state index contributed by atoms with van der Waals surface area (Å²) in [5.74, 6) is 0.724. The van der Waals surface area contributed by atoms with Gasteiger partial charge in [0.05, 0.1) is 0 Å². The van der Waals surface area contributed by atoms with Crippen LogP contribution in [0.1, 0.15) is 61.7 Å². The van der Waals surface area contributed by atoms with Crippen LogP contribution >= 0.6 is 11.3 Å². The Morgan fingerprint density at radius 1 is 1.17 bits per heavy atom. The maximum Gasteiger partial charge on any atom is 0.286 e. The molecule has 24 heavy (non-hydrogen) atoms. The summed E-state index contributed by atoms with van der Waals surface area (Å²) in [5.41, 5.74) is 2.06. The van der Waals surface area contributed by atoms with Gasteiger partial charge in [0.25, 0.3) is 5.91 Å². The highest BCUT2D eigenvalue weighted by Crippen LogP contribution is 2.24. The zero-order chi connectivity index (χ0) is 17.5. The molecule has 6 nitrogen and oxygen atoms in total. The van der Waals surface area contributed by atoms with E-state index in [1.807, 2.05) is 38.1 Å². The largest absolute Gasteiger partial charge is 0.320 e. The molecule has 0 aliphatic heterocycles. The van der Waals surface area contributed by atoms with Crippen molar-refractivity contribution in [1.29, 1.82) is 0 Å². The second-order valence-corrected chi connectivity index (χ2v) is 8.05. The molecule has 0 spiro atoms. The molecule has 0 fully saturated rings. The molecule has 0 saturated carbocycles. The minimum atomic E-state index is -0.233. The number of nitrogens with zero attached hydrogens (tertiary/aromatic N) is 4. The Kier molecular flexibility index (Phi) is 4.13. The van der Waals surface area contributed by atoms with E-state index in [0.717, 1.165) is 11.5 Å². The van der Waals surface area contributed by atoms with Crippen LogP contribution in [0.15, 0.2) is 24.3 Å². The minimum absolute atomic E-state index is 0.0867. The van der Waals surface area contributed by atoms with Crippen molar-refractivity contribution in [3.8, 4) is 0 Å². The molecule has 0 bridgehead atoms. The van der Waals surface area contributed by atoms with E-state index in [2.05, 4.69) is 41.4 Å². The highest BCUT2D eigenvalue weighted by Gasteiger charge is 2.19. The van der Waals surface area contributed by atoms with E-state index >= 15 is 0 Å². The van der Waals surface area contributed by atoms with Crippen LogP contribution in [0.2, 0.25) is 0 Å². The van der Waals surface area contributed by atoms with Gasteiger partial charge in [0.15, 0.2) is 5.82 Å². The molecule has 0 aliphatic carbocycles. The topological polar surface area (TPSA) is 72.2 Å². The first-order chi connectivity index (χ1) is 11.3. The molecule has 3 aromatic rings.